The number of carboxylic acid groups (broad SMARTS) is 1. The molecule has 0 bridgehead atoms. The van der Waals surface area contributed by atoms with E-state index in [2.05, 4.69) is 16.0 Å². The van der Waals surface area contributed by atoms with E-state index >= 15 is 0 Å². The van der Waals surface area contributed by atoms with Gasteiger partial charge in [-0.1, -0.05) is 44.2 Å². The average Bonchev–Trinajstić information content (AvgIpc) is 2.79. The highest BCUT2D eigenvalue weighted by molar-refractivity contribution is 5.94. The Labute approximate surface area is 210 Å². The summed E-state index contributed by atoms with van der Waals surface area (Å²) >= 11 is 0. The number of rotatable bonds is 15. The lowest BCUT2D eigenvalue weighted by Crippen LogP contribution is -2.58. The van der Waals surface area contributed by atoms with Crippen molar-refractivity contribution in [2.75, 3.05) is 0 Å². The van der Waals surface area contributed by atoms with Crippen molar-refractivity contribution in [1.29, 1.82) is 0 Å². The lowest BCUT2D eigenvalue weighted by atomic mass is 10.00. The third-order valence-electron chi connectivity index (χ3n) is 5.37. The number of aliphatic hydroxyl groups is 1. The van der Waals surface area contributed by atoms with Gasteiger partial charge in [0.2, 0.25) is 23.6 Å². The Hall–Kier alpha value is -3.51. The van der Waals surface area contributed by atoms with Gasteiger partial charge in [0.25, 0.3) is 0 Å². The van der Waals surface area contributed by atoms with E-state index in [-0.39, 0.29) is 31.6 Å². The normalized spacial score (nSPS) is 15.2. The monoisotopic (exact) mass is 507 g/mol. The number of hydrogen-bond donors (Lipinski definition) is 7. The van der Waals surface area contributed by atoms with E-state index in [0.29, 0.717) is 0 Å². The molecule has 0 spiro atoms. The van der Waals surface area contributed by atoms with Crippen molar-refractivity contribution in [3.63, 3.8) is 0 Å². The van der Waals surface area contributed by atoms with Gasteiger partial charge in [-0.05, 0) is 31.2 Å². The molecule has 1 aromatic carbocycles. The SMILES string of the molecule is CC(C)CC(NC(=O)C(Cc1ccccc1)NC(=O)C(N)C(C)O)C(=O)NC(CCC(N)=O)C(=O)O. The predicted octanol–water partition coefficient (Wildman–Crippen LogP) is -1.21. The fourth-order valence-corrected chi connectivity index (χ4v) is 3.34. The summed E-state index contributed by atoms with van der Waals surface area (Å²) in [7, 11) is 0. The number of nitrogens with one attached hydrogen (secondary N) is 3. The molecule has 0 aromatic heterocycles. The van der Waals surface area contributed by atoms with Gasteiger partial charge in [0.05, 0.1) is 6.10 Å². The molecule has 4 amide bonds. The maximum Gasteiger partial charge on any atom is 0.326 e. The van der Waals surface area contributed by atoms with Crippen molar-refractivity contribution in [1.82, 2.24) is 16.0 Å². The highest BCUT2D eigenvalue weighted by atomic mass is 16.4. The molecule has 9 N–H and O–H groups in total. The molecule has 12 heteroatoms. The second-order valence-corrected chi connectivity index (χ2v) is 9.11. The third kappa shape index (κ3) is 10.8. The lowest BCUT2D eigenvalue weighted by molar-refractivity contribution is -0.142. The standard InChI is InChI=1S/C24H37N5O7/c1-13(2)11-17(21(32)27-16(24(35)36)9-10-19(25)31)28-22(33)18(12-15-7-5-4-6-8-15)29-23(34)20(26)14(3)30/h4-8,13-14,16-18,20,30H,9-12,26H2,1-3H3,(H2,25,31)(H,27,32)(H,28,33)(H,29,34)(H,35,36). The van der Waals surface area contributed by atoms with Crippen molar-refractivity contribution in [3.05, 3.63) is 35.9 Å². The molecule has 0 saturated heterocycles. The molecule has 1 rings (SSSR count). The fraction of sp³-hybridized carbons (Fsp3) is 0.542. The van der Waals surface area contributed by atoms with Crippen LogP contribution >= 0.6 is 0 Å². The van der Waals surface area contributed by atoms with Gasteiger partial charge in [-0.2, -0.15) is 0 Å². The molecule has 0 radical (unpaired) electrons. The van der Waals surface area contributed by atoms with Crippen molar-refractivity contribution >= 4 is 29.6 Å². The molecule has 0 fully saturated rings. The van der Waals surface area contributed by atoms with E-state index in [1.165, 1.54) is 6.92 Å². The van der Waals surface area contributed by atoms with Crippen molar-refractivity contribution in [2.24, 2.45) is 17.4 Å². The molecule has 0 saturated carbocycles. The van der Waals surface area contributed by atoms with E-state index in [1.807, 2.05) is 13.8 Å². The van der Waals surface area contributed by atoms with Gasteiger partial charge in [-0.3, -0.25) is 19.2 Å². The molecular formula is C24H37N5O7. The van der Waals surface area contributed by atoms with Gasteiger partial charge in [-0.25, -0.2) is 4.79 Å². The summed E-state index contributed by atoms with van der Waals surface area (Å²) in [6, 6.07) is 3.95. The first-order valence-corrected chi connectivity index (χ1v) is 11.7. The van der Waals surface area contributed by atoms with E-state index in [9.17, 15) is 34.2 Å². The van der Waals surface area contributed by atoms with E-state index < -0.39 is 59.9 Å². The topological polar surface area (TPSA) is 214 Å². The Morgan fingerprint density at radius 1 is 0.861 bits per heavy atom. The maximum atomic E-state index is 13.2. The van der Waals surface area contributed by atoms with E-state index in [0.717, 1.165) is 5.56 Å². The number of aliphatic hydroxyl groups excluding tert-OH is 1. The van der Waals surface area contributed by atoms with E-state index in [1.54, 1.807) is 30.3 Å². The number of amides is 4. The summed E-state index contributed by atoms with van der Waals surface area (Å²) in [5.74, 6) is -4.30. The summed E-state index contributed by atoms with van der Waals surface area (Å²) in [5.41, 5.74) is 11.5. The number of carboxylic acids is 1. The zero-order chi connectivity index (χ0) is 27.4. The number of carbonyl (C=O) groups is 5. The number of benzene rings is 1. The molecule has 0 aliphatic carbocycles. The number of carbonyl (C=O) groups excluding carboxylic acids is 4. The van der Waals surface area contributed by atoms with Gasteiger partial charge >= 0.3 is 5.97 Å². The fourth-order valence-electron chi connectivity index (χ4n) is 3.34. The van der Waals surface area contributed by atoms with Gasteiger partial charge in [0.15, 0.2) is 0 Å². The minimum absolute atomic E-state index is 0.0548. The molecule has 5 unspecified atom stereocenters. The maximum absolute atomic E-state index is 13.2. The zero-order valence-corrected chi connectivity index (χ0v) is 20.8. The summed E-state index contributed by atoms with van der Waals surface area (Å²) in [6.45, 7) is 4.98. The second-order valence-electron chi connectivity index (χ2n) is 9.11. The highest BCUT2D eigenvalue weighted by Crippen LogP contribution is 2.09. The van der Waals surface area contributed by atoms with Crippen LogP contribution in [-0.2, 0) is 30.4 Å². The van der Waals surface area contributed by atoms with Crippen LogP contribution in [-0.4, -0.2) is 70.1 Å². The predicted molar refractivity (Wildman–Crippen MR) is 131 cm³/mol. The minimum Gasteiger partial charge on any atom is -0.480 e. The van der Waals surface area contributed by atoms with Gasteiger partial charge < -0.3 is 37.6 Å². The Morgan fingerprint density at radius 2 is 1.39 bits per heavy atom. The van der Waals surface area contributed by atoms with Gasteiger partial charge in [0, 0.05) is 12.8 Å². The lowest BCUT2D eigenvalue weighted by Gasteiger charge is -2.26. The van der Waals surface area contributed by atoms with Gasteiger partial charge in [0.1, 0.15) is 24.2 Å². The number of nitrogens with two attached hydrogens (primary N) is 2. The van der Waals surface area contributed by atoms with Gasteiger partial charge in [-0.15, -0.1) is 0 Å². The van der Waals surface area contributed by atoms with Crippen LogP contribution in [0.5, 0.6) is 0 Å². The molecule has 1 aromatic rings. The Kier molecular flexibility index (Phi) is 12.5. The Bertz CT molecular complexity index is 907. The summed E-state index contributed by atoms with van der Waals surface area (Å²) in [6.07, 6.45) is -1.34. The molecule has 12 nitrogen and oxygen atoms in total. The molecular weight excluding hydrogens is 470 g/mol. The smallest absolute Gasteiger partial charge is 0.326 e. The van der Waals surface area contributed by atoms with Crippen LogP contribution in [0.15, 0.2) is 30.3 Å². The van der Waals surface area contributed by atoms with E-state index in [4.69, 9.17) is 11.5 Å². The summed E-state index contributed by atoms with van der Waals surface area (Å²) in [5, 5.41) is 26.5. The average molecular weight is 508 g/mol. The Morgan fingerprint density at radius 3 is 1.89 bits per heavy atom. The van der Waals surface area contributed by atoms with Crippen LogP contribution in [0.4, 0.5) is 0 Å². The van der Waals surface area contributed by atoms with Crippen LogP contribution in [0.3, 0.4) is 0 Å². The highest BCUT2D eigenvalue weighted by Gasteiger charge is 2.31. The minimum atomic E-state index is -1.37. The second kappa shape index (κ2) is 14.8. The van der Waals surface area contributed by atoms with Crippen LogP contribution in [0.2, 0.25) is 0 Å². The van der Waals surface area contributed by atoms with Crippen molar-refractivity contribution in [3.8, 4) is 0 Å². The van der Waals surface area contributed by atoms with Crippen molar-refractivity contribution in [2.45, 2.75) is 76.7 Å². The summed E-state index contributed by atoms with van der Waals surface area (Å²) < 4.78 is 0. The molecule has 200 valence electrons. The molecule has 5 atom stereocenters. The molecule has 36 heavy (non-hydrogen) atoms. The zero-order valence-electron chi connectivity index (χ0n) is 20.8. The number of hydrogen-bond acceptors (Lipinski definition) is 7. The molecule has 0 aliphatic heterocycles. The van der Waals surface area contributed by atoms with Crippen LogP contribution in [0, 0.1) is 5.92 Å². The first-order chi connectivity index (χ1) is 16.8. The third-order valence-corrected chi connectivity index (χ3v) is 5.37. The first kappa shape index (κ1) is 30.5. The quantitative estimate of drug-likeness (QED) is 0.152. The number of primary amides is 1. The van der Waals surface area contributed by atoms with Crippen molar-refractivity contribution < 1.29 is 34.2 Å². The number of aliphatic carboxylic acids is 1. The van der Waals surface area contributed by atoms with Crippen LogP contribution in [0.1, 0.15) is 45.6 Å². The van der Waals surface area contributed by atoms with Crippen LogP contribution < -0.4 is 27.4 Å². The molecule has 0 aliphatic rings. The largest absolute Gasteiger partial charge is 0.480 e. The van der Waals surface area contributed by atoms with Crippen LogP contribution in [0.25, 0.3) is 0 Å². The summed E-state index contributed by atoms with van der Waals surface area (Å²) in [4.78, 5) is 61.2. The molecule has 0 heterocycles. The first-order valence-electron chi connectivity index (χ1n) is 11.7. The Balaban J connectivity index is 3.09.